The number of rotatable bonds is 5. The number of nitrogens with one attached hydrogen (secondary N) is 1. The number of amides is 1. The van der Waals surface area contributed by atoms with Crippen LogP contribution in [0.1, 0.15) is 6.92 Å². The molecule has 0 saturated carbocycles. The van der Waals surface area contributed by atoms with Crippen molar-refractivity contribution in [1.29, 1.82) is 0 Å². The SMILES string of the molecule is CC(C(=O)Nc1cccc2ccccc12)N(c1cc(Cl)cc(Cl)c1)S(C)(=O)=O. The van der Waals surface area contributed by atoms with Gasteiger partial charge in [-0.2, -0.15) is 0 Å². The molecule has 0 aliphatic carbocycles. The predicted molar refractivity (Wildman–Crippen MR) is 116 cm³/mol. The van der Waals surface area contributed by atoms with E-state index in [0.29, 0.717) is 5.69 Å². The van der Waals surface area contributed by atoms with Crippen molar-refractivity contribution >= 4 is 61.3 Å². The van der Waals surface area contributed by atoms with E-state index < -0.39 is 22.0 Å². The van der Waals surface area contributed by atoms with Gasteiger partial charge < -0.3 is 5.32 Å². The largest absolute Gasteiger partial charge is 0.324 e. The maximum Gasteiger partial charge on any atom is 0.248 e. The van der Waals surface area contributed by atoms with Crippen molar-refractivity contribution in [3.05, 3.63) is 70.7 Å². The highest BCUT2D eigenvalue weighted by atomic mass is 35.5. The van der Waals surface area contributed by atoms with Gasteiger partial charge in [0.1, 0.15) is 6.04 Å². The standard InChI is InChI=1S/C20H18Cl2N2O3S/c1-13(24(28(2,26)27)17-11-15(21)10-16(22)12-17)20(25)23-19-9-5-7-14-6-3-4-8-18(14)19/h3-13H,1-2H3,(H,23,25). The molecular weight excluding hydrogens is 419 g/mol. The van der Waals surface area contributed by atoms with Crippen LogP contribution in [0.25, 0.3) is 10.8 Å². The molecule has 0 aromatic heterocycles. The lowest BCUT2D eigenvalue weighted by Crippen LogP contribution is -2.45. The second kappa shape index (κ2) is 7.99. The Labute approximate surface area is 173 Å². The highest BCUT2D eigenvalue weighted by molar-refractivity contribution is 7.92. The van der Waals surface area contributed by atoms with E-state index in [1.165, 1.54) is 25.1 Å². The molecule has 1 unspecified atom stereocenters. The normalized spacial score (nSPS) is 12.6. The Morgan fingerprint density at radius 1 is 1.00 bits per heavy atom. The number of fused-ring (bicyclic) bond motifs is 1. The fraction of sp³-hybridized carbons (Fsp3) is 0.150. The van der Waals surface area contributed by atoms with Gasteiger partial charge in [0.2, 0.25) is 15.9 Å². The fourth-order valence-corrected chi connectivity index (χ4v) is 4.72. The van der Waals surface area contributed by atoms with E-state index >= 15 is 0 Å². The summed E-state index contributed by atoms with van der Waals surface area (Å²) in [7, 11) is -3.78. The van der Waals surface area contributed by atoms with Gasteiger partial charge in [-0.3, -0.25) is 9.10 Å². The average molecular weight is 437 g/mol. The number of hydrogen-bond acceptors (Lipinski definition) is 3. The van der Waals surface area contributed by atoms with E-state index in [4.69, 9.17) is 23.2 Å². The lowest BCUT2D eigenvalue weighted by atomic mass is 10.1. The Balaban J connectivity index is 1.96. The number of halogens is 2. The molecule has 146 valence electrons. The molecule has 0 aliphatic rings. The van der Waals surface area contributed by atoms with Crippen molar-refractivity contribution in [3.8, 4) is 0 Å². The Morgan fingerprint density at radius 3 is 2.25 bits per heavy atom. The van der Waals surface area contributed by atoms with Gasteiger partial charge in [-0.05, 0) is 36.6 Å². The summed E-state index contributed by atoms with van der Waals surface area (Å²) in [6, 6.07) is 16.5. The zero-order valence-electron chi connectivity index (χ0n) is 15.2. The number of nitrogens with zero attached hydrogens (tertiary/aromatic N) is 1. The molecule has 0 saturated heterocycles. The monoisotopic (exact) mass is 436 g/mol. The van der Waals surface area contributed by atoms with E-state index in [2.05, 4.69) is 5.32 Å². The van der Waals surface area contributed by atoms with Gasteiger partial charge in [0.25, 0.3) is 0 Å². The summed E-state index contributed by atoms with van der Waals surface area (Å²) in [6.07, 6.45) is 1.03. The van der Waals surface area contributed by atoms with Crippen molar-refractivity contribution in [1.82, 2.24) is 0 Å². The molecule has 0 heterocycles. The van der Waals surface area contributed by atoms with E-state index in [1.54, 1.807) is 6.07 Å². The maximum absolute atomic E-state index is 12.9. The molecule has 0 fully saturated rings. The summed E-state index contributed by atoms with van der Waals surface area (Å²) >= 11 is 12.0. The lowest BCUT2D eigenvalue weighted by molar-refractivity contribution is -0.116. The van der Waals surface area contributed by atoms with Crippen LogP contribution in [0.4, 0.5) is 11.4 Å². The number of hydrogen-bond donors (Lipinski definition) is 1. The first kappa shape index (κ1) is 20.5. The molecule has 3 rings (SSSR count). The second-order valence-electron chi connectivity index (χ2n) is 6.38. The van der Waals surface area contributed by atoms with Crippen molar-refractivity contribution in [3.63, 3.8) is 0 Å². The molecule has 1 N–H and O–H groups in total. The van der Waals surface area contributed by atoms with E-state index in [1.807, 2.05) is 36.4 Å². The molecule has 0 bridgehead atoms. The molecule has 1 atom stereocenters. The third-order valence-electron chi connectivity index (χ3n) is 4.24. The van der Waals surface area contributed by atoms with Gasteiger partial charge in [-0.15, -0.1) is 0 Å². The number of carbonyl (C=O) groups is 1. The number of sulfonamides is 1. The summed E-state index contributed by atoms with van der Waals surface area (Å²) in [5, 5.41) is 5.21. The van der Waals surface area contributed by atoms with Crippen LogP contribution in [0, 0.1) is 0 Å². The van der Waals surface area contributed by atoms with Crippen LogP contribution >= 0.6 is 23.2 Å². The minimum absolute atomic E-state index is 0.223. The molecular formula is C20H18Cl2N2O3S. The number of benzene rings is 3. The Hall–Kier alpha value is -2.28. The minimum Gasteiger partial charge on any atom is -0.324 e. The fourth-order valence-electron chi connectivity index (χ4n) is 3.05. The van der Waals surface area contributed by atoms with Crippen LogP contribution in [0.15, 0.2) is 60.7 Å². The summed E-state index contributed by atoms with van der Waals surface area (Å²) in [6.45, 7) is 1.51. The van der Waals surface area contributed by atoms with Gasteiger partial charge in [-0.1, -0.05) is 59.6 Å². The first-order chi connectivity index (χ1) is 13.2. The van der Waals surface area contributed by atoms with Crippen LogP contribution in [0.5, 0.6) is 0 Å². The summed E-state index contributed by atoms with van der Waals surface area (Å²) in [5.74, 6) is -0.474. The van der Waals surface area contributed by atoms with Gasteiger partial charge >= 0.3 is 0 Å². The molecule has 28 heavy (non-hydrogen) atoms. The van der Waals surface area contributed by atoms with E-state index in [9.17, 15) is 13.2 Å². The van der Waals surface area contributed by atoms with Gasteiger partial charge in [0, 0.05) is 21.1 Å². The Morgan fingerprint density at radius 2 is 1.61 bits per heavy atom. The maximum atomic E-state index is 12.9. The molecule has 8 heteroatoms. The van der Waals surface area contributed by atoms with Crippen molar-refractivity contribution < 1.29 is 13.2 Å². The van der Waals surface area contributed by atoms with Crippen LogP contribution in [0.2, 0.25) is 10.0 Å². The second-order valence-corrected chi connectivity index (χ2v) is 9.11. The molecule has 3 aromatic rings. The highest BCUT2D eigenvalue weighted by Crippen LogP contribution is 2.29. The first-order valence-corrected chi connectivity index (χ1v) is 11.0. The summed E-state index contributed by atoms with van der Waals surface area (Å²) in [4.78, 5) is 12.9. The van der Waals surface area contributed by atoms with E-state index in [-0.39, 0.29) is 15.7 Å². The highest BCUT2D eigenvalue weighted by Gasteiger charge is 2.30. The van der Waals surface area contributed by atoms with Crippen LogP contribution in [0.3, 0.4) is 0 Å². The predicted octanol–water partition coefficient (Wildman–Crippen LogP) is 4.94. The zero-order chi connectivity index (χ0) is 20.5. The third-order valence-corrected chi connectivity index (χ3v) is 5.92. The smallest absolute Gasteiger partial charge is 0.248 e. The minimum atomic E-state index is -3.78. The summed E-state index contributed by atoms with van der Waals surface area (Å²) < 4.78 is 25.9. The quantitative estimate of drug-likeness (QED) is 0.615. The molecule has 0 aliphatic heterocycles. The molecule has 5 nitrogen and oxygen atoms in total. The van der Waals surface area contributed by atoms with Gasteiger partial charge in [0.05, 0.1) is 11.9 Å². The number of carbonyl (C=O) groups excluding carboxylic acids is 1. The number of anilines is 2. The Bertz CT molecular complexity index is 1120. The molecule has 3 aromatic carbocycles. The van der Waals surface area contributed by atoms with Gasteiger partial charge in [0.15, 0.2) is 0 Å². The molecule has 0 radical (unpaired) electrons. The van der Waals surface area contributed by atoms with Crippen LogP contribution in [-0.4, -0.2) is 26.6 Å². The lowest BCUT2D eigenvalue weighted by Gasteiger charge is -2.28. The van der Waals surface area contributed by atoms with Crippen molar-refractivity contribution in [2.45, 2.75) is 13.0 Å². The third kappa shape index (κ3) is 4.41. The first-order valence-electron chi connectivity index (χ1n) is 8.41. The van der Waals surface area contributed by atoms with Crippen molar-refractivity contribution in [2.24, 2.45) is 0 Å². The van der Waals surface area contributed by atoms with Gasteiger partial charge in [-0.25, -0.2) is 8.42 Å². The topological polar surface area (TPSA) is 66.5 Å². The van der Waals surface area contributed by atoms with Crippen molar-refractivity contribution in [2.75, 3.05) is 15.9 Å². The zero-order valence-corrected chi connectivity index (χ0v) is 17.5. The van der Waals surface area contributed by atoms with E-state index in [0.717, 1.165) is 21.3 Å². The van der Waals surface area contributed by atoms with Crippen LogP contribution < -0.4 is 9.62 Å². The van der Waals surface area contributed by atoms with Crippen LogP contribution in [-0.2, 0) is 14.8 Å². The molecule has 0 spiro atoms. The summed E-state index contributed by atoms with van der Waals surface area (Å²) in [5.41, 5.74) is 0.827. The Kier molecular flexibility index (Phi) is 5.84. The molecule has 1 amide bonds. The average Bonchev–Trinajstić information content (AvgIpc) is 2.60.